The van der Waals surface area contributed by atoms with Gasteiger partial charge in [0, 0.05) is 26.4 Å². The Morgan fingerprint density at radius 3 is 2.69 bits per heavy atom. The van der Waals surface area contributed by atoms with Crippen LogP contribution in [0.2, 0.25) is 0 Å². The van der Waals surface area contributed by atoms with Crippen molar-refractivity contribution >= 4 is 23.1 Å². The Bertz CT molecular complexity index is 1000. The van der Waals surface area contributed by atoms with Crippen LogP contribution in [0.25, 0.3) is 22.4 Å². The van der Waals surface area contributed by atoms with Gasteiger partial charge >= 0.3 is 0 Å². The highest BCUT2D eigenvalue weighted by Crippen LogP contribution is 2.33. The van der Waals surface area contributed by atoms with Gasteiger partial charge in [0.15, 0.2) is 5.65 Å². The van der Waals surface area contributed by atoms with Crippen molar-refractivity contribution in [3.8, 4) is 17.1 Å². The third-order valence-corrected chi connectivity index (χ3v) is 4.81. The molecule has 0 amide bonds. The highest BCUT2D eigenvalue weighted by atomic mass is 16.5. The Hall–Kier alpha value is -3.05. The first kappa shape index (κ1) is 19.3. The quantitative estimate of drug-likeness (QED) is 0.638. The van der Waals surface area contributed by atoms with E-state index in [9.17, 15) is 0 Å². The highest BCUT2D eigenvalue weighted by Gasteiger charge is 2.23. The third kappa shape index (κ3) is 3.66. The first-order valence-electron chi connectivity index (χ1n) is 9.35. The van der Waals surface area contributed by atoms with Gasteiger partial charge in [-0.1, -0.05) is 0 Å². The average Bonchev–Trinajstić information content (AvgIpc) is 3.18. The molecule has 3 aromatic heterocycles. The molecule has 1 atom stereocenters. The zero-order valence-electron chi connectivity index (χ0n) is 16.7. The van der Waals surface area contributed by atoms with E-state index < -0.39 is 0 Å². The Kier molecular flexibility index (Phi) is 5.41. The van der Waals surface area contributed by atoms with E-state index in [1.165, 1.54) is 7.11 Å². The predicted molar refractivity (Wildman–Crippen MR) is 107 cm³/mol. The van der Waals surface area contributed by atoms with Gasteiger partial charge < -0.3 is 29.4 Å². The van der Waals surface area contributed by atoms with E-state index in [0.717, 1.165) is 0 Å². The molecule has 0 saturated carbocycles. The number of methoxy groups -OCH3 is 2. The molecule has 0 spiro atoms. The monoisotopic (exact) mass is 400 g/mol. The van der Waals surface area contributed by atoms with Crippen LogP contribution in [0.4, 0.5) is 11.9 Å². The summed E-state index contributed by atoms with van der Waals surface area (Å²) in [5.41, 5.74) is 8.27. The molecule has 0 radical (unpaired) electrons. The van der Waals surface area contributed by atoms with Gasteiger partial charge in [-0.05, 0) is 6.92 Å². The number of nitrogen functional groups attached to an aromatic ring is 1. The summed E-state index contributed by atoms with van der Waals surface area (Å²) in [4.78, 5) is 24.6. The minimum absolute atomic E-state index is 0.0508. The second-order valence-corrected chi connectivity index (χ2v) is 6.75. The van der Waals surface area contributed by atoms with Crippen LogP contribution in [0.3, 0.4) is 0 Å². The van der Waals surface area contributed by atoms with E-state index in [2.05, 4.69) is 19.9 Å². The van der Waals surface area contributed by atoms with Crippen LogP contribution < -0.4 is 15.4 Å². The number of aromatic nitrogens is 6. The van der Waals surface area contributed by atoms with Crippen LogP contribution in [0.15, 0.2) is 12.5 Å². The van der Waals surface area contributed by atoms with Crippen molar-refractivity contribution in [1.29, 1.82) is 0 Å². The Balaban J connectivity index is 1.92. The second kappa shape index (κ2) is 8.13. The van der Waals surface area contributed by atoms with E-state index in [0.29, 0.717) is 67.2 Å². The minimum atomic E-state index is 0.0508. The molecule has 0 bridgehead atoms. The van der Waals surface area contributed by atoms with Gasteiger partial charge in [-0.15, -0.1) is 0 Å². The number of ether oxygens (including phenoxy) is 3. The van der Waals surface area contributed by atoms with Gasteiger partial charge in [0.25, 0.3) is 0 Å². The number of fused-ring (bicyclic) bond motifs is 1. The van der Waals surface area contributed by atoms with Crippen molar-refractivity contribution in [1.82, 2.24) is 29.5 Å². The molecule has 0 aromatic carbocycles. The maximum absolute atomic E-state index is 5.73. The normalized spacial score (nSPS) is 15.6. The number of nitrogens with two attached hydrogens (primary N) is 1. The summed E-state index contributed by atoms with van der Waals surface area (Å²) in [5.74, 6) is 1.06. The molecule has 1 fully saturated rings. The van der Waals surface area contributed by atoms with Gasteiger partial charge in [-0.3, -0.25) is 0 Å². The molecule has 4 heterocycles. The van der Waals surface area contributed by atoms with Crippen molar-refractivity contribution in [2.45, 2.75) is 13.0 Å². The molecule has 4 rings (SSSR count). The lowest BCUT2D eigenvalue weighted by atomic mass is 10.2. The summed E-state index contributed by atoms with van der Waals surface area (Å²) < 4.78 is 18.2. The molecule has 1 saturated heterocycles. The maximum Gasteiger partial charge on any atom is 0.228 e. The highest BCUT2D eigenvalue weighted by molar-refractivity contribution is 5.90. The number of nitrogens with zero attached hydrogens (tertiary/aromatic N) is 7. The molecule has 3 aromatic rings. The van der Waals surface area contributed by atoms with Crippen molar-refractivity contribution < 1.29 is 14.2 Å². The summed E-state index contributed by atoms with van der Waals surface area (Å²) in [5, 5.41) is 0. The summed E-state index contributed by atoms with van der Waals surface area (Å²) in [6.07, 6.45) is 3.35. The Morgan fingerprint density at radius 1 is 1.17 bits per heavy atom. The first-order chi connectivity index (χ1) is 14.1. The molecule has 11 heteroatoms. The smallest absolute Gasteiger partial charge is 0.228 e. The van der Waals surface area contributed by atoms with E-state index in [4.69, 9.17) is 29.9 Å². The van der Waals surface area contributed by atoms with Crippen LogP contribution in [-0.2, 0) is 9.47 Å². The van der Waals surface area contributed by atoms with Crippen molar-refractivity contribution in [3.63, 3.8) is 0 Å². The lowest BCUT2D eigenvalue weighted by Gasteiger charge is -2.27. The largest absolute Gasteiger partial charge is 0.480 e. The van der Waals surface area contributed by atoms with E-state index in [1.807, 2.05) is 11.5 Å². The molecular weight excluding hydrogens is 376 g/mol. The van der Waals surface area contributed by atoms with Crippen LogP contribution in [0.5, 0.6) is 5.88 Å². The topological polar surface area (TPSA) is 126 Å². The number of rotatable bonds is 6. The van der Waals surface area contributed by atoms with Crippen molar-refractivity contribution in [2.24, 2.45) is 0 Å². The zero-order chi connectivity index (χ0) is 20.4. The van der Waals surface area contributed by atoms with Crippen molar-refractivity contribution in [3.05, 3.63) is 12.5 Å². The summed E-state index contributed by atoms with van der Waals surface area (Å²) in [7, 11) is 3.21. The Labute approximate surface area is 167 Å². The number of hydrogen-bond acceptors (Lipinski definition) is 10. The predicted octanol–water partition coefficient (Wildman–Crippen LogP) is 0.918. The molecule has 2 N–H and O–H groups in total. The molecule has 0 aliphatic carbocycles. The standard InChI is InChI=1S/C18H24N8O3/c1-11(9-27-2)26-10-21-14-13(12-8-20-17(19)24-16(12)28-3)22-18(23-15(14)26)25-4-6-29-7-5-25/h8,10-11H,4-7,9H2,1-3H3,(H2,19,20,24). The summed E-state index contributed by atoms with van der Waals surface area (Å²) in [6, 6.07) is 0.0508. The fourth-order valence-electron chi connectivity index (χ4n) is 3.34. The number of morpholine rings is 1. The second-order valence-electron chi connectivity index (χ2n) is 6.75. The van der Waals surface area contributed by atoms with Crippen LogP contribution in [0, 0.1) is 0 Å². The average molecular weight is 400 g/mol. The SMILES string of the molecule is COCC(C)n1cnc2c(-c3cnc(N)nc3OC)nc(N3CCOCC3)nc21. The molecule has 1 unspecified atom stereocenters. The first-order valence-corrected chi connectivity index (χ1v) is 9.35. The van der Waals surface area contributed by atoms with Gasteiger partial charge in [0.05, 0.1) is 44.9 Å². The Morgan fingerprint density at radius 2 is 1.97 bits per heavy atom. The van der Waals surface area contributed by atoms with Crippen LogP contribution >= 0.6 is 0 Å². The van der Waals surface area contributed by atoms with E-state index in [-0.39, 0.29) is 12.0 Å². The van der Waals surface area contributed by atoms with Crippen LogP contribution in [0.1, 0.15) is 13.0 Å². The zero-order valence-corrected chi connectivity index (χ0v) is 16.7. The lowest BCUT2D eigenvalue weighted by Crippen LogP contribution is -2.37. The van der Waals surface area contributed by atoms with Gasteiger partial charge in [0.1, 0.15) is 11.2 Å². The maximum atomic E-state index is 5.73. The molecule has 1 aliphatic rings. The molecule has 1 aliphatic heterocycles. The van der Waals surface area contributed by atoms with Gasteiger partial charge in [-0.25, -0.2) is 15.0 Å². The number of hydrogen-bond donors (Lipinski definition) is 1. The number of anilines is 2. The number of imidazole rings is 1. The molecule has 11 nitrogen and oxygen atoms in total. The van der Waals surface area contributed by atoms with Crippen molar-refractivity contribution in [2.75, 3.05) is 57.8 Å². The summed E-state index contributed by atoms with van der Waals surface area (Å²) in [6.45, 7) is 5.26. The fraction of sp³-hybridized carbons (Fsp3) is 0.500. The fourth-order valence-corrected chi connectivity index (χ4v) is 3.34. The minimum Gasteiger partial charge on any atom is -0.480 e. The molecule has 29 heavy (non-hydrogen) atoms. The molecular formula is C18H24N8O3. The third-order valence-electron chi connectivity index (χ3n) is 4.81. The lowest BCUT2D eigenvalue weighted by molar-refractivity contribution is 0.122. The van der Waals surface area contributed by atoms with E-state index in [1.54, 1.807) is 19.6 Å². The molecule has 154 valence electrons. The van der Waals surface area contributed by atoms with Crippen LogP contribution in [-0.4, -0.2) is 76.6 Å². The van der Waals surface area contributed by atoms with Gasteiger partial charge in [0.2, 0.25) is 17.8 Å². The van der Waals surface area contributed by atoms with E-state index >= 15 is 0 Å². The summed E-state index contributed by atoms with van der Waals surface area (Å²) >= 11 is 0. The van der Waals surface area contributed by atoms with Gasteiger partial charge in [-0.2, -0.15) is 9.97 Å².